The number of para-hydroxylation sites is 3. The molecule has 0 fully saturated rings. The number of nitrogens with one attached hydrogen (secondary N) is 5. The molecule has 3 atom stereocenters. The number of aliphatic carboxylic acids is 1. The van der Waals surface area contributed by atoms with Crippen LogP contribution in [0, 0.1) is 0 Å². The summed E-state index contributed by atoms with van der Waals surface area (Å²) in [4.78, 5) is 42.3. The number of aromatic amines is 3. The smallest absolute Gasteiger partial charge is 0.321 e. The molecule has 0 saturated heterocycles. The number of carbonyl (C=O) groups is 3. The van der Waals surface area contributed by atoms with Gasteiger partial charge in [0.2, 0.25) is 11.8 Å². The quantitative estimate of drug-likeness (QED) is 0.103. The van der Waals surface area contributed by atoms with Crippen LogP contribution in [0.4, 0.5) is 0 Å². The summed E-state index contributed by atoms with van der Waals surface area (Å²) in [5.74, 6) is -1.62. The van der Waals surface area contributed by atoms with E-state index in [-0.39, 0.29) is 11.9 Å². The molecule has 3 aromatic carbocycles. The third-order valence-corrected chi connectivity index (χ3v) is 8.02. The minimum Gasteiger partial charge on any atom is -0.480 e. The zero-order valence-corrected chi connectivity index (χ0v) is 26.4. The average Bonchev–Trinajstić information content (AvgIpc) is 3.80. The van der Waals surface area contributed by atoms with Crippen LogP contribution in [-0.2, 0) is 33.6 Å². The van der Waals surface area contributed by atoms with Gasteiger partial charge in [-0.25, -0.2) is 0 Å². The van der Waals surface area contributed by atoms with E-state index >= 15 is 0 Å². The normalized spacial score (nSPS) is 12.8. The fourth-order valence-electron chi connectivity index (χ4n) is 5.34. The lowest BCUT2D eigenvalue weighted by Gasteiger charge is -2.10. The van der Waals surface area contributed by atoms with Crippen LogP contribution in [0.5, 0.6) is 0 Å². The molecule has 3 heterocycles. The first-order chi connectivity index (χ1) is 22.6. The van der Waals surface area contributed by atoms with E-state index in [1.807, 2.05) is 91.4 Å². The van der Waals surface area contributed by atoms with Crippen LogP contribution in [0.2, 0.25) is 0 Å². The fraction of sp³-hybridized carbons (Fsp3) is 0.229. The van der Waals surface area contributed by atoms with Gasteiger partial charge in [-0.1, -0.05) is 54.6 Å². The van der Waals surface area contributed by atoms with Crippen molar-refractivity contribution in [3.05, 3.63) is 108 Å². The van der Waals surface area contributed by atoms with Crippen LogP contribution < -0.4 is 27.8 Å². The van der Waals surface area contributed by atoms with Gasteiger partial charge in [0.25, 0.3) is 0 Å². The minimum atomic E-state index is -0.826. The maximum absolute atomic E-state index is 11.1. The molecule has 0 spiro atoms. The monoisotopic (exact) mass is 638 g/mol. The lowest BCUT2D eigenvalue weighted by Crippen LogP contribution is -2.40. The Morgan fingerprint density at radius 1 is 0.617 bits per heavy atom. The van der Waals surface area contributed by atoms with Crippen LogP contribution >= 0.6 is 0 Å². The lowest BCUT2D eigenvalue weighted by molar-refractivity contribution is -0.139. The SMILES string of the molecule is CNC(Cc1c[nH]c2ccccc12)C(=O)O.CNC(Cc1c[nH]c2ccccc12)C(N)=O.NC(=O)C(N)Cc1c[nH]c2ccccc12. The molecule has 0 aliphatic carbocycles. The summed E-state index contributed by atoms with van der Waals surface area (Å²) < 4.78 is 0. The highest BCUT2D eigenvalue weighted by molar-refractivity contribution is 5.87. The van der Waals surface area contributed by atoms with Gasteiger partial charge in [-0.15, -0.1) is 0 Å². The van der Waals surface area contributed by atoms with Gasteiger partial charge in [0.05, 0.1) is 12.1 Å². The minimum absolute atomic E-state index is 0.320. The second-order valence-electron chi connectivity index (χ2n) is 11.1. The molecule has 6 aromatic rings. The molecule has 0 saturated carbocycles. The van der Waals surface area contributed by atoms with Crippen LogP contribution in [0.1, 0.15) is 16.7 Å². The predicted molar refractivity (Wildman–Crippen MR) is 186 cm³/mol. The molecular weight excluding hydrogens is 596 g/mol. The Bertz CT molecular complexity index is 1850. The van der Waals surface area contributed by atoms with E-state index in [0.29, 0.717) is 19.3 Å². The first kappa shape index (κ1) is 34.4. The summed E-state index contributed by atoms with van der Waals surface area (Å²) >= 11 is 0. The van der Waals surface area contributed by atoms with E-state index < -0.39 is 24.0 Å². The standard InChI is InChI=1S/C12H15N3O.C12H14N2O2.C11H13N3O/c1-14-11(12(13)16)6-8-7-15-10-5-3-2-4-9(8)10;1-13-11(12(15)16)6-8-7-14-10-5-3-2-4-9(8)10;12-9(11(13)15)5-7-6-14-10-4-2-1-3-8(7)10/h2-5,7,11,14-15H,6H2,1H3,(H2,13,16);2-5,7,11,13-14H,6H2,1H3,(H,15,16);1-4,6,9,14H,5,12H2,(H2,13,15). The Kier molecular flexibility index (Phi) is 11.9. The summed E-state index contributed by atoms with van der Waals surface area (Å²) in [7, 11) is 3.40. The van der Waals surface area contributed by atoms with Gasteiger partial charge >= 0.3 is 5.97 Å². The molecule has 0 bridgehead atoms. The molecule has 12 heteroatoms. The molecule has 246 valence electrons. The second kappa shape index (κ2) is 16.2. The number of primary amides is 2. The molecule has 0 radical (unpaired) electrons. The lowest BCUT2D eigenvalue weighted by atomic mass is 10.0. The van der Waals surface area contributed by atoms with Crippen LogP contribution in [0.15, 0.2) is 91.4 Å². The number of aromatic nitrogens is 3. The predicted octanol–water partition coefficient (Wildman–Crippen LogP) is 2.69. The van der Waals surface area contributed by atoms with Crippen molar-refractivity contribution in [3.8, 4) is 0 Å². The van der Waals surface area contributed by atoms with Gasteiger partial charge in [-0.05, 0) is 61.8 Å². The number of carboxylic acid groups (broad SMARTS) is 1. The van der Waals surface area contributed by atoms with Crippen molar-refractivity contribution in [3.63, 3.8) is 0 Å². The van der Waals surface area contributed by atoms with E-state index in [9.17, 15) is 14.4 Å². The Hall–Kier alpha value is -5.43. The summed E-state index contributed by atoms with van der Waals surface area (Å²) in [5.41, 5.74) is 22.4. The van der Waals surface area contributed by atoms with Crippen LogP contribution in [-0.4, -0.2) is 70.1 Å². The maximum atomic E-state index is 11.1. The van der Waals surface area contributed by atoms with Gasteiger partial charge in [0.1, 0.15) is 6.04 Å². The number of carboxylic acids is 1. The summed E-state index contributed by atoms with van der Waals surface area (Å²) in [6.45, 7) is 0. The average molecular weight is 639 g/mol. The molecule has 3 unspecified atom stereocenters. The fourth-order valence-corrected chi connectivity index (χ4v) is 5.34. The third-order valence-electron chi connectivity index (χ3n) is 8.02. The first-order valence-corrected chi connectivity index (χ1v) is 15.2. The molecular formula is C35H42N8O4. The molecule has 2 amide bonds. The highest BCUT2D eigenvalue weighted by Crippen LogP contribution is 2.21. The summed E-state index contributed by atoms with van der Waals surface area (Å²) in [6, 6.07) is 22.3. The highest BCUT2D eigenvalue weighted by atomic mass is 16.4. The van der Waals surface area contributed by atoms with Gasteiger partial charge < -0.3 is 47.9 Å². The molecule has 12 nitrogen and oxygen atoms in total. The number of hydrogen-bond acceptors (Lipinski definition) is 6. The molecule has 12 N–H and O–H groups in total. The zero-order valence-electron chi connectivity index (χ0n) is 26.4. The summed E-state index contributed by atoms with van der Waals surface area (Å²) in [5, 5.41) is 18.0. The van der Waals surface area contributed by atoms with E-state index in [1.54, 1.807) is 14.1 Å². The highest BCUT2D eigenvalue weighted by Gasteiger charge is 2.17. The Morgan fingerprint density at radius 2 is 0.979 bits per heavy atom. The van der Waals surface area contributed by atoms with Crippen molar-refractivity contribution in [1.29, 1.82) is 0 Å². The molecule has 0 aliphatic rings. The van der Waals surface area contributed by atoms with Crippen molar-refractivity contribution in [2.45, 2.75) is 37.4 Å². The van der Waals surface area contributed by atoms with Crippen molar-refractivity contribution in [2.75, 3.05) is 14.1 Å². The van der Waals surface area contributed by atoms with Crippen LogP contribution in [0.3, 0.4) is 0 Å². The van der Waals surface area contributed by atoms with Crippen molar-refractivity contribution >= 4 is 50.5 Å². The van der Waals surface area contributed by atoms with Gasteiger partial charge in [0, 0.05) is 57.7 Å². The van der Waals surface area contributed by atoms with Gasteiger partial charge in [0.15, 0.2) is 0 Å². The molecule has 6 rings (SSSR count). The first-order valence-electron chi connectivity index (χ1n) is 15.2. The number of benzene rings is 3. The topological polar surface area (TPSA) is 221 Å². The van der Waals surface area contributed by atoms with Crippen molar-refractivity contribution in [2.24, 2.45) is 17.2 Å². The van der Waals surface area contributed by atoms with E-state index in [1.165, 1.54) is 0 Å². The molecule has 0 aliphatic heterocycles. The van der Waals surface area contributed by atoms with E-state index in [4.69, 9.17) is 22.3 Å². The van der Waals surface area contributed by atoms with Crippen molar-refractivity contribution < 1.29 is 19.5 Å². The van der Waals surface area contributed by atoms with E-state index in [2.05, 4.69) is 25.6 Å². The second-order valence-corrected chi connectivity index (χ2v) is 11.1. The zero-order chi connectivity index (χ0) is 33.9. The number of likely N-dealkylation sites (N-methyl/N-ethyl adjacent to an activating group) is 2. The Balaban J connectivity index is 0.000000160. The number of amides is 2. The van der Waals surface area contributed by atoms with Gasteiger partial charge in [-0.2, -0.15) is 0 Å². The van der Waals surface area contributed by atoms with Gasteiger partial charge in [-0.3, -0.25) is 14.4 Å². The largest absolute Gasteiger partial charge is 0.480 e. The third kappa shape index (κ3) is 8.85. The van der Waals surface area contributed by atoms with E-state index in [0.717, 1.165) is 49.4 Å². The van der Waals surface area contributed by atoms with Crippen LogP contribution in [0.25, 0.3) is 32.7 Å². The number of nitrogens with two attached hydrogens (primary N) is 3. The van der Waals surface area contributed by atoms with Crippen molar-refractivity contribution in [1.82, 2.24) is 25.6 Å². The molecule has 47 heavy (non-hydrogen) atoms. The maximum Gasteiger partial charge on any atom is 0.321 e. The Labute approximate surface area is 272 Å². The Morgan fingerprint density at radius 3 is 1.32 bits per heavy atom. The number of carbonyl (C=O) groups excluding carboxylic acids is 2. The number of rotatable bonds is 11. The number of fused-ring (bicyclic) bond motifs is 3. The summed E-state index contributed by atoms with van der Waals surface area (Å²) in [6.07, 6.45) is 7.23. The number of hydrogen-bond donors (Lipinski definition) is 9. The number of H-pyrrole nitrogens is 3. The molecule has 3 aromatic heterocycles.